The maximum Gasteiger partial charge on any atom is 0.136 e. The standard InChI is InChI=1S/C13H20O2/c1-8-10(14)5-6-12(3)9(2)11(15)7-13(8,12)4/h8-9H,5-7H2,1-4H3/t8-,9-,12+,13+/m1/s1. The summed E-state index contributed by atoms with van der Waals surface area (Å²) >= 11 is 0. The van der Waals surface area contributed by atoms with E-state index in [4.69, 9.17) is 0 Å². The Kier molecular flexibility index (Phi) is 2.12. The van der Waals surface area contributed by atoms with Crippen molar-refractivity contribution < 1.29 is 9.59 Å². The number of carbonyl (C=O) groups is 2. The summed E-state index contributed by atoms with van der Waals surface area (Å²) in [6.45, 7) is 8.38. The number of Topliss-reactive ketones (excluding diaryl/α,β-unsaturated/α-hetero) is 2. The second-order valence-electron chi connectivity index (χ2n) is 5.89. The van der Waals surface area contributed by atoms with Gasteiger partial charge in [-0.15, -0.1) is 0 Å². The second-order valence-corrected chi connectivity index (χ2v) is 5.89. The van der Waals surface area contributed by atoms with Crippen LogP contribution in [0.1, 0.15) is 47.0 Å². The monoisotopic (exact) mass is 208 g/mol. The van der Waals surface area contributed by atoms with Gasteiger partial charge in [0.1, 0.15) is 11.6 Å². The Balaban J connectivity index is 2.48. The van der Waals surface area contributed by atoms with Crippen molar-refractivity contribution in [1.82, 2.24) is 0 Å². The lowest BCUT2D eigenvalue weighted by molar-refractivity contribution is -0.137. The molecule has 2 rings (SSSR count). The fourth-order valence-corrected chi connectivity index (χ4v) is 3.67. The molecule has 0 heterocycles. The minimum atomic E-state index is -0.0984. The van der Waals surface area contributed by atoms with Crippen molar-refractivity contribution in [2.75, 3.05) is 0 Å². The predicted octanol–water partition coefficient (Wildman–Crippen LogP) is 2.61. The molecule has 0 bridgehead atoms. The molecule has 0 aromatic rings. The molecule has 0 unspecified atom stereocenters. The molecular formula is C13H20O2. The zero-order valence-corrected chi connectivity index (χ0v) is 10.1. The molecule has 2 fully saturated rings. The summed E-state index contributed by atoms with van der Waals surface area (Å²) in [5.74, 6) is 0.863. The van der Waals surface area contributed by atoms with Crippen LogP contribution in [0.3, 0.4) is 0 Å². The van der Waals surface area contributed by atoms with Crippen LogP contribution in [-0.2, 0) is 9.59 Å². The van der Waals surface area contributed by atoms with Crippen LogP contribution in [0.15, 0.2) is 0 Å². The third kappa shape index (κ3) is 1.11. The molecule has 0 N–H and O–H groups in total. The Morgan fingerprint density at radius 3 is 2.13 bits per heavy atom. The van der Waals surface area contributed by atoms with Crippen molar-refractivity contribution in [1.29, 1.82) is 0 Å². The van der Waals surface area contributed by atoms with Crippen molar-refractivity contribution in [3.63, 3.8) is 0 Å². The van der Waals surface area contributed by atoms with Crippen molar-refractivity contribution in [2.45, 2.75) is 47.0 Å². The van der Waals surface area contributed by atoms with E-state index in [0.29, 0.717) is 24.4 Å². The van der Waals surface area contributed by atoms with Gasteiger partial charge in [0.2, 0.25) is 0 Å². The lowest BCUT2D eigenvalue weighted by Crippen LogP contribution is -2.47. The van der Waals surface area contributed by atoms with Crippen molar-refractivity contribution in [3.8, 4) is 0 Å². The van der Waals surface area contributed by atoms with Gasteiger partial charge in [0.25, 0.3) is 0 Å². The molecule has 0 saturated heterocycles. The maximum absolute atomic E-state index is 11.9. The number of hydrogen-bond acceptors (Lipinski definition) is 2. The Bertz CT molecular complexity index is 333. The molecular weight excluding hydrogens is 188 g/mol. The van der Waals surface area contributed by atoms with Crippen LogP contribution in [0.25, 0.3) is 0 Å². The lowest BCUT2D eigenvalue weighted by atomic mass is 9.53. The zero-order chi connectivity index (χ0) is 11.4. The minimum absolute atomic E-state index is 0.0391. The Labute approximate surface area is 91.4 Å². The average Bonchev–Trinajstić information content (AvgIpc) is 2.36. The highest BCUT2D eigenvalue weighted by atomic mass is 16.1. The molecule has 0 spiro atoms. The van der Waals surface area contributed by atoms with Gasteiger partial charge in [-0.2, -0.15) is 0 Å². The van der Waals surface area contributed by atoms with Crippen molar-refractivity contribution >= 4 is 11.6 Å². The summed E-state index contributed by atoms with van der Waals surface area (Å²) in [6, 6.07) is 0. The number of hydrogen-bond donors (Lipinski definition) is 0. The first kappa shape index (κ1) is 10.8. The molecule has 4 atom stereocenters. The first-order valence-corrected chi connectivity index (χ1v) is 5.88. The number of carbonyl (C=O) groups excluding carboxylic acids is 2. The van der Waals surface area contributed by atoms with E-state index in [1.165, 1.54) is 0 Å². The quantitative estimate of drug-likeness (QED) is 0.613. The van der Waals surface area contributed by atoms with Crippen LogP contribution >= 0.6 is 0 Å². The Morgan fingerprint density at radius 2 is 1.53 bits per heavy atom. The second kappa shape index (κ2) is 2.93. The molecule has 2 aliphatic carbocycles. The smallest absolute Gasteiger partial charge is 0.136 e. The highest BCUT2D eigenvalue weighted by Crippen LogP contribution is 2.62. The molecule has 84 valence electrons. The van der Waals surface area contributed by atoms with Crippen LogP contribution in [-0.4, -0.2) is 11.6 Å². The Morgan fingerprint density at radius 1 is 1.00 bits per heavy atom. The largest absolute Gasteiger partial charge is 0.299 e. The van der Waals surface area contributed by atoms with Gasteiger partial charge in [0, 0.05) is 24.7 Å². The molecule has 0 aromatic carbocycles. The number of fused-ring (bicyclic) bond motifs is 1. The van der Waals surface area contributed by atoms with E-state index < -0.39 is 0 Å². The SMILES string of the molecule is C[C@@H]1C(=O)C[C@@]2(C)[C@H](C)C(=O)CC[C@@]12C. The van der Waals surface area contributed by atoms with E-state index in [9.17, 15) is 9.59 Å². The molecule has 0 radical (unpaired) electrons. The van der Waals surface area contributed by atoms with Crippen LogP contribution in [0, 0.1) is 22.7 Å². The highest BCUT2D eigenvalue weighted by Gasteiger charge is 2.62. The molecule has 0 aliphatic heterocycles. The molecule has 2 aliphatic rings. The van der Waals surface area contributed by atoms with E-state index in [1.807, 2.05) is 13.8 Å². The molecule has 15 heavy (non-hydrogen) atoms. The summed E-state index contributed by atoms with van der Waals surface area (Å²) in [7, 11) is 0. The maximum atomic E-state index is 11.9. The first-order chi connectivity index (χ1) is 6.83. The van der Waals surface area contributed by atoms with Gasteiger partial charge < -0.3 is 0 Å². The van der Waals surface area contributed by atoms with Crippen LogP contribution in [0.2, 0.25) is 0 Å². The normalized spacial score (nSPS) is 50.7. The van der Waals surface area contributed by atoms with Gasteiger partial charge in [0.05, 0.1) is 0 Å². The Hall–Kier alpha value is -0.660. The van der Waals surface area contributed by atoms with Gasteiger partial charge >= 0.3 is 0 Å². The van der Waals surface area contributed by atoms with Gasteiger partial charge in [-0.1, -0.05) is 27.7 Å². The number of rotatable bonds is 0. The van der Waals surface area contributed by atoms with Crippen LogP contribution < -0.4 is 0 Å². The van der Waals surface area contributed by atoms with Crippen molar-refractivity contribution in [3.05, 3.63) is 0 Å². The summed E-state index contributed by atoms with van der Waals surface area (Å²) in [6.07, 6.45) is 2.14. The number of ketones is 2. The zero-order valence-electron chi connectivity index (χ0n) is 10.1. The van der Waals surface area contributed by atoms with E-state index in [0.717, 1.165) is 6.42 Å². The third-order valence-electron chi connectivity index (χ3n) is 5.61. The topological polar surface area (TPSA) is 34.1 Å². The first-order valence-electron chi connectivity index (χ1n) is 5.88. The van der Waals surface area contributed by atoms with Crippen LogP contribution in [0.4, 0.5) is 0 Å². The molecule has 2 heteroatoms. The fourth-order valence-electron chi connectivity index (χ4n) is 3.67. The molecule has 2 nitrogen and oxygen atoms in total. The van der Waals surface area contributed by atoms with E-state index in [1.54, 1.807) is 0 Å². The fraction of sp³-hybridized carbons (Fsp3) is 0.846. The van der Waals surface area contributed by atoms with Crippen LogP contribution in [0.5, 0.6) is 0 Å². The molecule has 0 aromatic heterocycles. The van der Waals surface area contributed by atoms with Gasteiger partial charge in [-0.3, -0.25) is 9.59 Å². The highest BCUT2D eigenvalue weighted by molar-refractivity contribution is 5.90. The summed E-state index contributed by atoms with van der Waals surface area (Å²) in [5, 5.41) is 0. The molecule has 0 amide bonds. The predicted molar refractivity (Wildman–Crippen MR) is 58.4 cm³/mol. The van der Waals surface area contributed by atoms with Gasteiger partial charge in [-0.05, 0) is 17.3 Å². The lowest BCUT2D eigenvalue weighted by Gasteiger charge is -2.49. The van der Waals surface area contributed by atoms with E-state index >= 15 is 0 Å². The third-order valence-corrected chi connectivity index (χ3v) is 5.61. The molecule has 2 saturated carbocycles. The van der Waals surface area contributed by atoms with Gasteiger partial charge in [0.15, 0.2) is 0 Å². The minimum Gasteiger partial charge on any atom is -0.299 e. The summed E-state index contributed by atoms with van der Waals surface area (Å²) in [4.78, 5) is 23.7. The summed E-state index contributed by atoms with van der Waals surface area (Å²) in [5.41, 5.74) is -0.0593. The van der Waals surface area contributed by atoms with Gasteiger partial charge in [-0.25, -0.2) is 0 Å². The van der Waals surface area contributed by atoms with E-state index in [2.05, 4.69) is 13.8 Å². The average molecular weight is 208 g/mol. The summed E-state index contributed by atoms with van der Waals surface area (Å²) < 4.78 is 0. The van der Waals surface area contributed by atoms with E-state index in [-0.39, 0.29) is 22.7 Å². The van der Waals surface area contributed by atoms with Crippen molar-refractivity contribution in [2.24, 2.45) is 22.7 Å².